The van der Waals surface area contributed by atoms with Gasteiger partial charge in [0.15, 0.2) is 0 Å². The molecule has 0 bridgehead atoms. The SMILES string of the molecule is CC1(C)OB(C(=Cc2ccc(C(=O)O)s2)CS)OC1(C)C. The van der Waals surface area contributed by atoms with Crippen molar-refractivity contribution in [2.45, 2.75) is 38.9 Å². The molecule has 0 unspecified atom stereocenters. The van der Waals surface area contributed by atoms with Gasteiger partial charge in [-0.05, 0) is 51.4 Å². The lowest BCUT2D eigenvalue weighted by atomic mass is 9.79. The molecule has 1 saturated heterocycles. The Morgan fingerprint density at radius 3 is 2.33 bits per heavy atom. The maximum Gasteiger partial charge on any atom is 0.491 e. The smallest absolute Gasteiger partial charge is 0.477 e. The van der Waals surface area contributed by atoms with Crippen LogP contribution in [0, 0.1) is 0 Å². The highest BCUT2D eigenvalue weighted by Gasteiger charge is 2.52. The van der Waals surface area contributed by atoms with Crippen LogP contribution in [0.1, 0.15) is 42.2 Å². The van der Waals surface area contributed by atoms with E-state index < -0.39 is 24.3 Å². The first-order valence-electron chi connectivity index (χ1n) is 6.66. The number of carboxylic acid groups (broad SMARTS) is 1. The van der Waals surface area contributed by atoms with Crippen molar-refractivity contribution in [3.05, 3.63) is 27.4 Å². The Kier molecular flexibility index (Phi) is 4.59. The molecule has 0 atom stereocenters. The summed E-state index contributed by atoms with van der Waals surface area (Å²) in [5.74, 6) is -0.431. The van der Waals surface area contributed by atoms with Gasteiger partial charge in [0.25, 0.3) is 0 Å². The molecule has 7 heteroatoms. The quantitative estimate of drug-likeness (QED) is 0.658. The van der Waals surface area contributed by atoms with E-state index in [0.717, 1.165) is 10.3 Å². The monoisotopic (exact) mass is 326 g/mol. The second kappa shape index (κ2) is 5.80. The van der Waals surface area contributed by atoms with Crippen LogP contribution in [0.15, 0.2) is 17.6 Å². The van der Waals surface area contributed by atoms with E-state index in [1.54, 1.807) is 12.1 Å². The number of rotatable bonds is 4. The maximum atomic E-state index is 10.9. The molecule has 1 aliphatic rings. The highest BCUT2D eigenvalue weighted by atomic mass is 32.1. The predicted molar refractivity (Wildman–Crippen MR) is 89.2 cm³/mol. The van der Waals surface area contributed by atoms with E-state index >= 15 is 0 Å². The molecule has 2 heterocycles. The molecule has 0 amide bonds. The van der Waals surface area contributed by atoms with Crippen molar-refractivity contribution < 1.29 is 19.2 Å². The summed E-state index contributed by atoms with van der Waals surface area (Å²) in [5.41, 5.74) is 0.0822. The molecule has 0 aliphatic carbocycles. The molecule has 0 radical (unpaired) electrons. The first-order chi connectivity index (χ1) is 9.66. The minimum Gasteiger partial charge on any atom is -0.477 e. The van der Waals surface area contributed by atoms with Gasteiger partial charge in [0.05, 0.1) is 11.2 Å². The lowest BCUT2D eigenvalue weighted by Crippen LogP contribution is -2.41. The highest BCUT2D eigenvalue weighted by molar-refractivity contribution is 7.80. The van der Waals surface area contributed by atoms with Crippen LogP contribution in [0.5, 0.6) is 0 Å². The van der Waals surface area contributed by atoms with Crippen molar-refractivity contribution in [2.24, 2.45) is 0 Å². The van der Waals surface area contributed by atoms with E-state index in [-0.39, 0.29) is 0 Å². The fourth-order valence-electron chi connectivity index (χ4n) is 1.91. The Bertz CT molecular complexity index is 561. The van der Waals surface area contributed by atoms with Crippen molar-refractivity contribution in [2.75, 3.05) is 5.75 Å². The summed E-state index contributed by atoms with van der Waals surface area (Å²) in [6, 6.07) is 3.38. The second-order valence-electron chi connectivity index (χ2n) is 5.97. The molecule has 4 nitrogen and oxygen atoms in total. The fraction of sp³-hybridized carbons (Fsp3) is 0.500. The largest absolute Gasteiger partial charge is 0.491 e. The average Bonchev–Trinajstić information content (AvgIpc) is 2.90. The van der Waals surface area contributed by atoms with Gasteiger partial charge in [-0.25, -0.2) is 4.79 Å². The third-order valence-electron chi connectivity index (χ3n) is 3.90. The highest BCUT2D eigenvalue weighted by Crippen LogP contribution is 2.39. The molecule has 21 heavy (non-hydrogen) atoms. The van der Waals surface area contributed by atoms with Gasteiger partial charge < -0.3 is 14.4 Å². The zero-order valence-corrected chi connectivity index (χ0v) is 14.3. The Balaban J connectivity index is 2.24. The topological polar surface area (TPSA) is 55.8 Å². The zero-order valence-electron chi connectivity index (χ0n) is 12.5. The lowest BCUT2D eigenvalue weighted by molar-refractivity contribution is 0.00578. The second-order valence-corrected chi connectivity index (χ2v) is 7.40. The Morgan fingerprint density at radius 2 is 1.90 bits per heavy atom. The lowest BCUT2D eigenvalue weighted by Gasteiger charge is -2.32. The van der Waals surface area contributed by atoms with Gasteiger partial charge in [-0.3, -0.25) is 0 Å². The summed E-state index contributed by atoms with van der Waals surface area (Å²) in [5, 5.41) is 8.96. The van der Waals surface area contributed by atoms with Crippen molar-refractivity contribution >= 4 is 43.1 Å². The molecule has 1 aliphatic heterocycles. The number of thiol groups is 1. The number of carbonyl (C=O) groups is 1. The average molecular weight is 326 g/mol. The van der Waals surface area contributed by atoms with Crippen LogP contribution in [-0.2, 0) is 9.31 Å². The van der Waals surface area contributed by atoms with Gasteiger partial charge in [-0.1, -0.05) is 0 Å². The normalized spacial score (nSPS) is 20.8. The Morgan fingerprint density at radius 1 is 1.33 bits per heavy atom. The van der Waals surface area contributed by atoms with Crippen molar-refractivity contribution in [1.29, 1.82) is 0 Å². The van der Waals surface area contributed by atoms with Gasteiger partial charge in [0.1, 0.15) is 4.88 Å². The Labute approximate surface area is 134 Å². The minimum absolute atomic E-state index is 0.314. The van der Waals surface area contributed by atoms with Crippen LogP contribution in [0.4, 0.5) is 0 Å². The maximum absolute atomic E-state index is 10.9. The van der Waals surface area contributed by atoms with E-state index in [1.807, 2.05) is 33.8 Å². The number of hydrogen-bond donors (Lipinski definition) is 2. The summed E-state index contributed by atoms with van der Waals surface area (Å²) in [7, 11) is -0.456. The first kappa shape index (κ1) is 16.6. The molecule has 1 N–H and O–H groups in total. The van der Waals surface area contributed by atoms with Crippen molar-refractivity contribution in [3.8, 4) is 0 Å². The molecule has 114 valence electrons. The Hall–Kier alpha value is -0.755. The van der Waals surface area contributed by atoms with E-state index in [0.29, 0.717) is 10.6 Å². The van der Waals surface area contributed by atoms with Crippen LogP contribution < -0.4 is 0 Å². The van der Waals surface area contributed by atoms with Gasteiger partial charge in [-0.2, -0.15) is 12.6 Å². The summed E-state index contributed by atoms with van der Waals surface area (Å²) in [6.45, 7) is 7.99. The number of aromatic carboxylic acids is 1. The van der Waals surface area contributed by atoms with Gasteiger partial charge in [-0.15, -0.1) is 11.3 Å². The summed E-state index contributed by atoms with van der Waals surface area (Å²) in [4.78, 5) is 12.1. The van der Waals surface area contributed by atoms with Gasteiger partial charge in [0, 0.05) is 10.6 Å². The van der Waals surface area contributed by atoms with E-state index in [2.05, 4.69) is 12.6 Å². The molecule has 2 rings (SSSR count). The van der Waals surface area contributed by atoms with Gasteiger partial charge >= 0.3 is 13.1 Å². The molecular formula is C14H19BO4S2. The number of carboxylic acids is 1. The standard InChI is InChI=1S/C14H19BO4S2/c1-13(2)14(3,4)19-15(18-13)9(8-20)7-10-5-6-11(21-10)12(16)17/h5-7,20H,8H2,1-4H3,(H,16,17). The molecule has 0 spiro atoms. The summed E-state index contributed by atoms with van der Waals surface area (Å²) < 4.78 is 12.0. The third kappa shape index (κ3) is 3.36. The van der Waals surface area contributed by atoms with E-state index in [4.69, 9.17) is 14.4 Å². The minimum atomic E-state index is -0.914. The van der Waals surface area contributed by atoms with E-state index in [9.17, 15) is 4.79 Å². The van der Waals surface area contributed by atoms with Crippen molar-refractivity contribution in [3.63, 3.8) is 0 Å². The molecule has 1 aromatic heterocycles. The van der Waals surface area contributed by atoms with Crippen molar-refractivity contribution in [1.82, 2.24) is 0 Å². The predicted octanol–water partition coefficient (Wildman–Crippen LogP) is 3.39. The van der Waals surface area contributed by atoms with Crippen LogP contribution in [-0.4, -0.2) is 35.1 Å². The number of hydrogen-bond acceptors (Lipinski definition) is 5. The number of thiophene rings is 1. The van der Waals surface area contributed by atoms with Crippen LogP contribution in [0.3, 0.4) is 0 Å². The van der Waals surface area contributed by atoms with Crippen LogP contribution in [0.2, 0.25) is 0 Å². The summed E-state index contributed by atoms with van der Waals surface area (Å²) in [6.07, 6.45) is 1.90. The van der Waals surface area contributed by atoms with Crippen LogP contribution in [0.25, 0.3) is 6.08 Å². The zero-order chi connectivity index (χ0) is 15.8. The molecular weight excluding hydrogens is 307 g/mol. The van der Waals surface area contributed by atoms with E-state index in [1.165, 1.54) is 11.3 Å². The van der Waals surface area contributed by atoms with Gasteiger partial charge in [0.2, 0.25) is 0 Å². The summed E-state index contributed by atoms with van der Waals surface area (Å²) >= 11 is 5.56. The molecule has 0 aromatic carbocycles. The molecule has 1 aromatic rings. The first-order valence-corrected chi connectivity index (χ1v) is 8.11. The molecule has 0 saturated carbocycles. The van der Waals surface area contributed by atoms with Crippen LogP contribution >= 0.6 is 24.0 Å². The third-order valence-corrected chi connectivity index (χ3v) is 5.29. The fourth-order valence-corrected chi connectivity index (χ4v) is 2.97. The molecule has 1 fully saturated rings.